The molecule has 0 radical (unpaired) electrons. The van der Waals surface area contributed by atoms with Crippen LogP contribution >= 0.6 is 0 Å². The Kier molecular flexibility index (Phi) is 6.29. The fourth-order valence-electron chi connectivity index (χ4n) is 8.56. The van der Waals surface area contributed by atoms with Gasteiger partial charge in [-0.05, 0) is 86.4 Å². The third-order valence-corrected chi connectivity index (χ3v) is 10.7. The second-order valence-corrected chi connectivity index (χ2v) is 12.3. The fourth-order valence-corrected chi connectivity index (χ4v) is 8.56. The molecule has 4 rings (SSSR count). The van der Waals surface area contributed by atoms with Crippen LogP contribution in [0.25, 0.3) is 0 Å². The number of carboxylic acids is 1. The van der Waals surface area contributed by atoms with Crippen molar-refractivity contribution in [2.75, 3.05) is 0 Å². The number of Topliss-reactive ketones (excluding diaryl/α,β-unsaturated/α-hetero) is 2. The van der Waals surface area contributed by atoms with Gasteiger partial charge in [0.15, 0.2) is 5.78 Å². The average molecular weight is 455 g/mol. The zero-order valence-corrected chi connectivity index (χ0v) is 21.2. The lowest BCUT2D eigenvalue weighted by atomic mass is 9.48. The van der Waals surface area contributed by atoms with E-state index in [1.807, 2.05) is 0 Å². The SMILES string of the molecule is C=C(CC[C@@H](C)[C@H]1CC[C@H]2C3=C(C(=O)C[C@]12C)[C@@]1(C)CCC(=O)[C@@H](C)[C@@H]1CC3)[C@H](C)C(=O)O. The number of carbonyl (C=O) groups excluding carboxylic acids is 2. The molecule has 4 aliphatic rings. The quantitative estimate of drug-likeness (QED) is 0.472. The highest BCUT2D eigenvalue weighted by molar-refractivity contribution is 6.00. The molecule has 0 aliphatic heterocycles. The summed E-state index contributed by atoms with van der Waals surface area (Å²) in [5.74, 6) is 1.18. The van der Waals surface area contributed by atoms with Crippen molar-refractivity contribution in [2.45, 2.75) is 92.4 Å². The molecule has 4 heteroatoms. The van der Waals surface area contributed by atoms with Crippen LogP contribution in [0.2, 0.25) is 0 Å². The average Bonchev–Trinajstić information content (AvgIpc) is 3.10. The van der Waals surface area contributed by atoms with Crippen molar-refractivity contribution in [1.29, 1.82) is 0 Å². The lowest BCUT2D eigenvalue weighted by Crippen LogP contribution is -2.50. The van der Waals surface area contributed by atoms with E-state index in [9.17, 15) is 19.5 Å². The van der Waals surface area contributed by atoms with Gasteiger partial charge >= 0.3 is 5.97 Å². The Labute approximate surface area is 199 Å². The molecule has 182 valence electrons. The van der Waals surface area contributed by atoms with Gasteiger partial charge < -0.3 is 5.11 Å². The molecule has 0 aromatic carbocycles. The van der Waals surface area contributed by atoms with Crippen molar-refractivity contribution < 1.29 is 19.5 Å². The number of allylic oxidation sites excluding steroid dienone is 2. The molecule has 33 heavy (non-hydrogen) atoms. The van der Waals surface area contributed by atoms with Crippen molar-refractivity contribution in [3.63, 3.8) is 0 Å². The van der Waals surface area contributed by atoms with Crippen LogP contribution in [-0.4, -0.2) is 22.6 Å². The second kappa shape index (κ2) is 8.50. The Morgan fingerprint density at radius 2 is 1.85 bits per heavy atom. The highest BCUT2D eigenvalue weighted by Gasteiger charge is 2.59. The molecular weight excluding hydrogens is 412 g/mol. The van der Waals surface area contributed by atoms with E-state index < -0.39 is 11.9 Å². The predicted molar refractivity (Wildman–Crippen MR) is 130 cm³/mol. The van der Waals surface area contributed by atoms with E-state index in [1.54, 1.807) is 6.92 Å². The van der Waals surface area contributed by atoms with E-state index in [1.165, 1.54) is 5.57 Å². The van der Waals surface area contributed by atoms with Crippen molar-refractivity contribution in [3.8, 4) is 0 Å². The first-order valence-electron chi connectivity index (χ1n) is 13.1. The Bertz CT molecular complexity index is 913. The first-order chi connectivity index (χ1) is 15.4. The molecule has 2 saturated carbocycles. The van der Waals surface area contributed by atoms with Gasteiger partial charge in [0, 0.05) is 24.3 Å². The Morgan fingerprint density at radius 3 is 2.52 bits per heavy atom. The summed E-state index contributed by atoms with van der Waals surface area (Å²) in [4.78, 5) is 37.5. The number of carbonyl (C=O) groups is 3. The van der Waals surface area contributed by atoms with Gasteiger partial charge in [-0.25, -0.2) is 0 Å². The smallest absolute Gasteiger partial charge is 0.310 e. The molecule has 2 fully saturated rings. The number of aliphatic carboxylic acids is 1. The van der Waals surface area contributed by atoms with Gasteiger partial charge in [0.25, 0.3) is 0 Å². The van der Waals surface area contributed by atoms with Gasteiger partial charge in [-0.1, -0.05) is 45.4 Å². The van der Waals surface area contributed by atoms with E-state index in [0.717, 1.165) is 56.1 Å². The molecule has 4 nitrogen and oxygen atoms in total. The normalized spacial score (nSPS) is 40.0. The number of ketones is 2. The predicted octanol–water partition coefficient (Wildman–Crippen LogP) is 6.40. The monoisotopic (exact) mass is 454 g/mol. The van der Waals surface area contributed by atoms with Crippen molar-refractivity contribution in [1.82, 2.24) is 0 Å². The van der Waals surface area contributed by atoms with Gasteiger partial charge in [-0.3, -0.25) is 14.4 Å². The Balaban J connectivity index is 1.56. The van der Waals surface area contributed by atoms with Crippen LogP contribution in [0.1, 0.15) is 92.4 Å². The summed E-state index contributed by atoms with van der Waals surface area (Å²) < 4.78 is 0. The largest absolute Gasteiger partial charge is 0.481 e. The minimum absolute atomic E-state index is 0.00558. The molecular formula is C29H42O4. The highest BCUT2D eigenvalue weighted by atomic mass is 16.4. The summed E-state index contributed by atoms with van der Waals surface area (Å²) in [7, 11) is 0. The number of hydrogen-bond acceptors (Lipinski definition) is 3. The summed E-state index contributed by atoms with van der Waals surface area (Å²) in [6, 6.07) is 0. The third kappa shape index (κ3) is 3.76. The maximum Gasteiger partial charge on any atom is 0.310 e. The zero-order valence-electron chi connectivity index (χ0n) is 21.2. The summed E-state index contributed by atoms with van der Waals surface area (Å²) >= 11 is 0. The minimum Gasteiger partial charge on any atom is -0.481 e. The molecule has 0 unspecified atom stereocenters. The number of hydrogen-bond donors (Lipinski definition) is 1. The van der Waals surface area contributed by atoms with Crippen molar-refractivity contribution in [3.05, 3.63) is 23.3 Å². The molecule has 8 atom stereocenters. The number of carboxylic acid groups (broad SMARTS) is 1. The van der Waals surface area contributed by atoms with Crippen LogP contribution < -0.4 is 0 Å². The van der Waals surface area contributed by atoms with Crippen molar-refractivity contribution >= 4 is 17.5 Å². The molecule has 0 saturated heterocycles. The molecule has 0 aromatic rings. The first kappa shape index (κ1) is 24.4. The zero-order chi connectivity index (χ0) is 24.3. The summed E-state index contributed by atoms with van der Waals surface area (Å²) in [5.41, 5.74) is 3.22. The van der Waals surface area contributed by atoms with Crippen LogP contribution in [0, 0.1) is 46.3 Å². The van der Waals surface area contributed by atoms with Gasteiger partial charge in [0.1, 0.15) is 5.78 Å². The molecule has 0 amide bonds. The lowest BCUT2D eigenvalue weighted by molar-refractivity contribution is -0.140. The second-order valence-electron chi connectivity index (χ2n) is 12.3. The maximum atomic E-state index is 13.8. The molecule has 0 aromatic heterocycles. The van der Waals surface area contributed by atoms with Gasteiger partial charge in [0.2, 0.25) is 0 Å². The van der Waals surface area contributed by atoms with E-state index in [2.05, 4.69) is 34.3 Å². The van der Waals surface area contributed by atoms with E-state index in [4.69, 9.17) is 0 Å². The summed E-state index contributed by atoms with van der Waals surface area (Å²) in [6.45, 7) is 14.7. The van der Waals surface area contributed by atoms with E-state index in [-0.39, 0.29) is 16.7 Å². The standard InChI is InChI=1S/C29H42O4/c1-16(18(3)27(32)33)7-8-17(2)21-11-12-23-20-9-10-22-19(4)24(30)13-14-28(22,5)26(20)25(31)15-29(21,23)6/h17-19,21-23H,1,7-15H2,2-6H3,(H,32,33)/t17-,18+,19+,21-,22+,23+,28+,29-/m1/s1. The summed E-state index contributed by atoms with van der Waals surface area (Å²) in [6.07, 6.45) is 8.05. The number of rotatable bonds is 6. The van der Waals surface area contributed by atoms with Crippen molar-refractivity contribution in [2.24, 2.45) is 46.3 Å². The molecule has 0 bridgehead atoms. The van der Waals surface area contributed by atoms with Crippen LogP contribution in [0.3, 0.4) is 0 Å². The minimum atomic E-state index is -0.805. The molecule has 4 aliphatic carbocycles. The fraction of sp³-hybridized carbons (Fsp3) is 0.759. The summed E-state index contributed by atoms with van der Waals surface area (Å²) in [5, 5.41) is 9.28. The van der Waals surface area contributed by atoms with Crippen LogP contribution in [0.15, 0.2) is 23.3 Å². The topological polar surface area (TPSA) is 71.4 Å². The van der Waals surface area contributed by atoms with Crippen LogP contribution in [-0.2, 0) is 14.4 Å². The molecule has 0 spiro atoms. The van der Waals surface area contributed by atoms with E-state index >= 15 is 0 Å². The Hall–Kier alpha value is -1.71. The third-order valence-electron chi connectivity index (χ3n) is 10.7. The lowest BCUT2D eigenvalue weighted by Gasteiger charge is -2.54. The van der Waals surface area contributed by atoms with Gasteiger partial charge in [0.05, 0.1) is 5.92 Å². The van der Waals surface area contributed by atoms with Gasteiger partial charge in [-0.2, -0.15) is 0 Å². The van der Waals surface area contributed by atoms with Crippen LogP contribution in [0.5, 0.6) is 0 Å². The Morgan fingerprint density at radius 1 is 1.15 bits per heavy atom. The first-order valence-corrected chi connectivity index (χ1v) is 13.1. The highest BCUT2D eigenvalue weighted by Crippen LogP contribution is 2.65. The molecule has 1 N–H and O–H groups in total. The van der Waals surface area contributed by atoms with Gasteiger partial charge in [-0.15, -0.1) is 0 Å². The van der Waals surface area contributed by atoms with Crippen LogP contribution in [0.4, 0.5) is 0 Å². The molecule has 0 heterocycles. The van der Waals surface area contributed by atoms with E-state index in [0.29, 0.717) is 48.1 Å². The maximum absolute atomic E-state index is 13.8. The number of fused-ring (bicyclic) bond motifs is 4.